The molecule has 0 radical (unpaired) electrons. The molecule has 23 heavy (non-hydrogen) atoms. The summed E-state index contributed by atoms with van der Waals surface area (Å²) in [6.45, 7) is 1.87. The van der Waals surface area contributed by atoms with Crippen molar-refractivity contribution in [3.05, 3.63) is 59.7 Å². The highest BCUT2D eigenvalue weighted by Gasteiger charge is 2.44. The van der Waals surface area contributed by atoms with Gasteiger partial charge >= 0.3 is 0 Å². The number of hydrogen-bond acceptors (Lipinski definition) is 3. The molecular formula is C20H20N2O. The third-order valence-electron chi connectivity index (χ3n) is 5.11. The fourth-order valence-electron chi connectivity index (χ4n) is 3.67. The van der Waals surface area contributed by atoms with Crippen LogP contribution in [0.15, 0.2) is 48.5 Å². The summed E-state index contributed by atoms with van der Waals surface area (Å²) in [5.74, 6) is 0.621. The van der Waals surface area contributed by atoms with Crippen LogP contribution < -0.4 is 0 Å². The maximum atomic E-state index is 9.67. The maximum Gasteiger partial charge on any atom is 0.0991 e. The summed E-state index contributed by atoms with van der Waals surface area (Å²) in [6, 6.07) is 19.3. The zero-order valence-corrected chi connectivity index (χ0v) is 13.0. The molecule has 116 valence electrons. The van der Waals surface area contributed by atoms with E-state index in [1.54, 1.807) is 0 Å². The quantitative estimate of drug-likeness (QED) is 0.947. The predicted octanol–water partition coefficient (Wildman–Crippen LogP) is 3.15. The predicted molar refractivity (Wildman–Crippen MR) is 89.9 cm³/mol. The molecular weight excluding hydrogens is 284 g/mol. The Hall–Kier alpha value is -2.15. The first-order valence-corrected chi connectivity index (χ1v) is 8.27. The molecule has 0 amide bonds. The van der Waals surface area contributed by atoms with Crippen LogP contribution in [0.25, 0.3) is 11.1 Å². The van der Waals surface area contributed by atoms with Gasteiger partial charge in [-0.2, -0.15) is 5.26 Å². The van der Waals surface area contributed by atoms with Gasteiger partial charge in [-0.3, -0.25) is 4.90 Å². The van der Waals surface area contributed by atoms with E-state index < -0.39 is 0 Å². The van der Waals surface area contributed by atoms with Crippen molar-refractivity contribution in [1.29, 1.82) is 5.26 Å². The van der Waals surface area contributed by atoms with E-state index >= 15 is 0 Å². The average molecular weight is 304 g/mol. The normalized spacial score (nSPS) is 26.9. The Bertz CT molecular complexity index is 730. The van der Waals surface area contributed by atoms with Gasteiger partial charge in [0.15, 0.2) is 0 Å². The number of rotatable bonds is 3. The van der Waals surface area contributed by atoms with Crippen LogP contribution >= 0.6 is 0 Å². The van der Waals surface area contributed by atoms with E-state index in [4.69, 9.17) is 5.26 Å². The van der Waals surface area contributed by atoms with E-state index in [1.807, 2.05) is 24.3 Å². The van der Waals surface area contributed by atoms with E-state index in [0.29, 0.717) is 17.5 Å². The fraction of sp³-hybridized carbons (Fsp3) is 0.350. The van der Waals surface area contributed by atoms with Gasteiger partial charge in [-0.25, -0.2) is 0 Å². The molecule has 3 atom stereocenters. The molecule has 0 bridgehead atoms. The van der Waals surface area contributed by atoms with Gasteiger partial charge in [0.1, 0.15) is 0 Å². The Morgan fingerprint density at radius 1 is 1.00 bits per heavy atom. The van der Waals surface area contributed by atoms with Gasteiger partial charge in [0.05, 0.1) is 17.7 Å². The number of benzene rings is 2. The lowest BCUT2D eigenvalue weighted by molar-refractivity contribution is 0.174. The van der Waals surface area contributed by atoms with Crippen molar-refractivity contribution >= 4 is 0 Å². The number of nitriles is 1. The second kappa shape index (κ2) is 5.81. The van der Waals surface area contributed by atoms with E-state index in [0.717, 1.165) is 25.1 Å². The Morgan fingerprint density at radius 3 is 2.22 bits per heavy atom. The molecule has 2 aromatic carbocycles. The summed E-state index contributed by atoms with van der Waals surface area (Å²) >= 11 is 0. The van der Waals surface area contributed by atoms with Gasteiger partial charge in [0.25, 0.3) is 0 Å². The van der Waals surface area contributed by atoms with Crippen LogP contribution in [0, 0.1) is 11.3 Å². The first kappa shape index (κ1) is 14.4. The standard InChI is InChI=1S/C20H20N2O/c21-12-14-1-3-15(4-2-14)16-5-7-17(8-6-16)19-11-20(19)22-10-9-18(23)13-22/h1-8,18-20,23H,9-11,13H2/t18-,19+,20?/m1/s1. The minimum absolute atomic E-state index is 0.130. The third-order valence-corrected chi connectivity index (χ3v) is 5.11. The van der Waals surface area contributed by atoms with Crippen molar-refractivity contribution in [2.24, 2.45) is 0 Å². The number of hydrogen-bond donors (Lipinski definition) is 1. The van der Waals surface area contributed by atoms with Crippen molar-refractivity contribution < 1.29 is 5.11 Å². The summed E-state index contributed by atoms with van der Waals surface area (Å²) in [5, 5.41) is 18.5. The fourth-order valence-corrected chi connectivity index (χ4v) is 3.67. The van der Waals surface area contributed by atoms with Crippen LogP contribution in [0.1, 0.15) is 29.9 Å². The van der Waals surface area contributed by atoms with E-state index in [2.05, 4.69) is 35.2 Å². The number of aliphatic hydroxyl groups excluding tert-OH is 1. The molecule has 1 heterocycles. The van der Waals surface area contributed by atoms with Crippen molar-refractivity contribution in [2.75, 3.05) is 13.1 Å². The molecule has 2 aliphatic rings. The van der Waals surface area contributed by atoms with E-state index in [9.17, 15) is 5.11 Å². The highest BCUT2D eigenvalue weighted by atomic mass is 16.3. The molecule has 3 heteroatoms. The second-order valence-corrected chi connectivity index (χ2v) is 6.66. The third kappa shape index (κ3) is 2.88. The average Bonchev–Trinajstić information content (AvgIpc) is 3.29. The zero-order valence-electron chi connectivity index (χ0n) is 13.0. The minimum atomic E-state index is -0.130. The first-order chi connectivity index (χ1) is 11.2. The molecule has 1 unspecified atom stereocenters. The number of likely N-dealkylation sites (tertiary alicyclic amines) is 1. The molecule has 1 saturated heterocycles. The monoisotopic (exact) mass is 304 g/mol. The number of nitrogens with zero attached hydrogens (tertiary/aromatic N) is 2. The van der Waals surface area contributed by atoms with Crippen LogP contribution in [-0.4, -0.2) is 35.2 Å². The lowest BCUT2D eigenvalue weighted by Gasteiger charge is -2.14. The number of aliphatic hydroxyl groups is 1. The van der Waals surface area contributed by atoms with Crippen LogP contribution in [-0.2, 0) is 0 Å². The summed E-state index contributed by atoms with van der Waals surface area (Å²) in [6.07, 6.45) is 2.00. The minimum Gasteiger partial charge on any atom is -0.392 e. The van der Waals surface area contributed by atoms with Crippen molar-refractivity contribution in [2.45, 2.75) is 30.9 Å². The molecule has 2 fully saturated rings. The molecule has 3 nitrogen and oxygen atoms in total. The zero-order chi connectivity index (χ0) is 15.8. The van der Waals surface area contributed by atoms with Gasteiger partial charge in [0.2, 0.25) is 0 Å². The molecule has 1 saturated carbocycles. The molecule has 1 aliphatic carbocycles. The molecule has 4 rings (SSSR count). The summed E-state index contributed by atoms with van der Waals surface area (Å²) in [5.41, 5.74) is 4.42. The van der Waals surface area contributed by atoms with Gasteiger partial charge in [0, 0.05) is 25.0 Å². The van der Waals surface area contributed by atoms with Gasteiger partial charge < -0.3 is 5.11 Å². The second-order valence-electron chi connectivity index (χ2n) is 6.66. The molecule has 2 aromatic rings. The Labute approximate surface area is 136 Å². The highest BCUT2D eigenvalue weighted by molar-refractivity contribution is 5.64. The number of β-amino-alcohol motifs (C(OH)–C–C–N with tert-alkyl or cyclic N) is 1. The van der Waals surface area contributed by atoms with Gasteiger partial charge in [-0.05, 0) is 41.7 Å². The smallest absolute Gasteiger partial charge is 0.0991 e. The first-order valence-electron chi connectivity index (χ1n) is 8.27. The Kier molecular flexibility index (Phi) is 3.65. The van der Waals surface area contributed by atoms with Crippen molar-refractivity contribution in [1.82, 2.24) is 4.90 Å². The Morgan fingerprint density at radius 2 is 1.65 bits per heavy atom. The van der Waals surface area contributed by atoms with Crippen LogP contribution in [0.3, 0.4) is 0 Å². The molecule has 1 aliphatic heterocycles. The van der Waals surface area contributed by atoms with Gasteiger partial charge in [-0.15, -0.1) is 0 Å². The van der Waals surface area contributed by atoms with Crippen LogP contribution in [0.4, 0.5) is 0 Å². The molecule has 1 N–H and O–H groups in total. The van der Waals surface area contributed by atoms with E-state index in [1.165, 1.54) is 17.5 Å². The summed E-state index contributed by atoms with van der Waals surface area (Å²) in [7, 11) is 0. The lowest BCUT2D eigenvalue weighted by Crippen LogP contribution is -2.25. The molecule has 0 aromatic heterocycles. The Balaban J connectivity index is 1.45. The summed E-state index contributed by atoms with van der Waals surface area (Å²) < 4.78 is 0. The maximum absolute atomic E-state index is 9.67. The van der Waals surface area contributed by atoms with Crippen molar-refractivity contribution in [3.63, 3.8) is 0 Å². The van der Waals surface area contributed by atoms with Crippen LogP contribution in [0.2, 0.25) is 0 Å². The SMILES string of the molecule is N#Cc1ccc(-c2ccc([C@@H]3CC3N3CC[C@@H](O)C3)cc2)cc1. The van der Waals surface area contributed by atoms with Gasteiger partial charge in [-0.1, -0.05) is 36.4 Å². The highest BCUT2D eigenvalue weighted by Crippen LogP contribution is 2.46. The molecule has 0 spiro atoms. The van der Waals surface area contributed by atoms with E-state index in [-0.39, 0.29) is 6.10 Å². The largest absolute Gasteiger partial charge is 0.392 e. The summed E-state index contributed by atoms with van der Waals surface area (Å²) in [4.78, 5) is 2.43. The van der Waals surface area contributed by atoms with Crippen molar-refractivity contribution in [3.8, 4) is 17.2 Å². The lowest BCUT2D eigenvalue weighted by atomic mass is 10.0. The topological polar surface area (TPSA) is 47.3 Å². The van der Waals surface area contributed by atoms with Crippen LogP contribution in [0.5, 0.6) is 0 Å².